The molecule has 3 aromatic heterocycles. The molecule has 0 fully saturated rings. The van der Waals surface area contributed by atoms with Crippen LogP contribution in [0.2, 0.25) is 0 Å². The molecule has 3 heterocycles. The normalized spacial score (nSPS) is 10.2. The zero-order valence-corrected chi connectivity index (χ0v) is 16.5. The second kappa shape index (κ2) is 9.39. The highest BCUT2D eigenvalue weighted by Gasteiger charge is 2.10. The predicted molar refractivity (Wildman–Crippen MR) is 103 cm³/mol. The van der Waals surface area contributed by atoms with Crippen molar-refractivity contribution in [2.24, 2.45) is 0 Å². The van der Waals surface area contributed by atoms with Gasteiger partial charge in [0.2, 0.25) is 0 Å². The van der Waals surface area contributed by atoms with Crippen molar-refractivity contribution in [3.63, 3.8) is 0 Å². The number of halogens is 1. The van der Waals surface area contributed by atoms with E-state index in [-0.39, 0.29) is 5.49 Å². The summed E-state index contributed by atoms with van der Waals surface area (Å²) in [6.45, 7) is 4.72. The first kappa shape index (κ1) is 19.2. The standard InChI is InChI=1S/C15H13BrN6S.C2H6/c1-2-3-4-7-22-9-19-13(17)12-14(22)21-15(20-12)23-11-6-5-10(16)8-18-11;1-2/h1,5-6,8-9,17H,3-4,7H2,(H,20,21);1-2H3. The minimum absolute atomic E-state index is 0.177. The van der Waals surface area contributed by atoms with Crippen LogP contribution in [-0.2, 0) is 6.54 Å². The number of hydrogen-bond acceptors (Lipinski definition) is 5. The van der Waals surface area contributed by atoms with Crippen molar-refractivity contribution in [1.29, 1.82) is 5.41 Å². The SMILES string of the molecule is C#CCCCn1cnc(=N)c2[nH]c(Sc3ccc(Br)cn3)nc21.CC. The van der Waals surface area contributed by atoms with Gasteiger partial charge in [-0.15, -0.1) is 12.3 Å². The van der Waals surface area contributed by atoms with Crippen LogP contribution in [0.15, 0.2) is 39.3 Å². The summed E-state index contributed by atoms with van der Waals surface area (Å²) in [5.74, 6) is 2.62. The van der Waals surface area contributed by atoms with E-state index in [2.05, 4.69) is 41.8 Å². The molecular weight excluding hydrogens is 400 g/mol. The van der Waals surface area contributed by atoms with E-state index in [1.54, 1.807) is 12.5 Å². The number of aromatic amines is 1. The zero-order chi connectivity index (χ0) is 18.2. The molecule has 0 bridgehead atoms. The fourth-order valence-electron chi connectivity index (χ4n) is 2.05. The van der Waals surface area contributed by atoms with E-state index in [1.807, 2.05) is 30.5 Å². The molecule has 130 valence electrons. The minimum atomic E-state index is 0.177. The lowest BCUT2D eigenvalue weighted by Gasteiger charge is -2.04. The third-order valence-electron chi connectivity index (χ3n) is 3.12. The van der Waals surface area contributed by atoms with Gasteiger partial charge in [-0.05, 0) is 46.2 Å². The summed E-state index contributed by atoms with van der Waals surface area (Å²) < 4.78 is 2.84. The molecule has 0 spiro atoms. The molecule has 3 aromatic rings. The number of aryl methyl sites for hydroxylation is 1. The van der Waals surface area contributed by atoms with Gasteiger partial charge in [-0.3, -0.25) is 5.41 Å². The first-order chi connectivity index (χ1) is 12.2. The average molecular weight is 419 g/mol. The predicted octanol–water partition coefficient (Wildman–Crippen LogP) is 3.99. The summed E-state index contributed by atoms with van der Waals surface area (Å²) >= 11 is 4.77. The Morgan fingerprint density at radius 2 is 2.16 bits per heavy atom. The van der Waals surface area contributed by atoms with Crippen LogP contribution < -0.4 is 5.49 Å². The third-order valence-corrected chi connectivity index (χ3v) is 4.43. The van der Waals surface area contributed by atoms with Gasteiger partial charge in [0, 0.05) is 23.6 Å². The largest absolute Gasteiger partial charge is 0.328 e. The van der Waals surface area contributed by atoms with Crippen LogP contribution in [0.5, 0.6) is 0 Å². The van der Waals surface area contributed by atoms with E-state index in [4.69, 9.17) is 11.8 Å². The molecule has 0 saturated carbocycles. The Bertz CT molecular complexity index is 923. The first-order valence-electron chi connectivity index (χ1n) is 7.90. The number of imidazole rings is 1. The Kier molecular flexibility index (Phi) is 7.22. The van der Waals surface area contributed by atoms with Gasteiger partial charge < -0.3 is 9.55 Å². The Morgan fingerprint density at radius 3 is 2.84 bits per heavy atom. The summed E-state index contributed by atoms with van der Waals surface area (Å²) in [5.41, 5.74) is 1.51. The lowest BCUT2D eigenvalue weighted by atomic mass is 10.3. The fraction of sp³-hybridized carbons (Fsp3) is 0.294. The molecule has 0 radical (unpaired) electrons. The van der Waals surface area contributed by atoms with Gasteiger partial charge in [0.15, 0.2) is 16.3 Å². The number of H-pyrrole nitrogens is 1. The van der Waals surface area contributed by atoms with E-state index in [1.165, 1.54) is 11.8 Å². The minimum Gasteiger partial charge on any atom is -0.328 e. The molecule has 0 aliphatic carbocycles. The number of pyridine rings is 1. The van der Waals surface area contributed by atoms with Crippen LogP contribution in [0.3, 0.4) is 0 Å². The second-order valence-electron chi connectivity index (χ2n) is 4.75. The van der Waals surface area contributed by atoms with Gasteiger partial charge in [0.1, 0.15) is 10.5 Å². The molecule has 0 aliphatic rings. The summed E-state index contributed by atoms with van der Waals surface area (Å²) in [4.78, 5) is 16.1. The molecule has 0 aliphatic heterocycles. The van der Waals surface area contributed by atoms with Gasteiger partial charge in [-0.2, -0.15) is 0 Å². The number of nitrogens with one attached hydrogen (secondary N) is 2. The molecule has 0 amide bonds. The third kappa shape index (κ3) is 4.94. The maximum atomic E-state index is 7.94. The van der Waals surface area contributed by atoms with Crippen LogP contribution in [0.4, 0.5) is 0 Å². The summed E-state index contributed by atoms with van der Waals surface area (Å²) in [6.07, 6.45) is 10.2. The molecular formula is C17H19BrN6S. The number of rotatable bonds is 5. The number of aromatic nitrogens is 5. The van der Waals surface area contributed by atoms with Crippen molar-refractivity contribution >= 4 is 38.9 Å². The number of fused-ring (bicyclic) bond motifs is 1. The summed E-state index contributed by atoms with van der Waals surface area (Å²) in [7, 11) is 0. The van der Waals surface area contributed by atoms with Crippen molar-refractivity contribution in [3.8, 4) is 12.3 Å². The molecule has 0 aromatic carbocycles. The van der Waals surface area contributed by atoms with Crippen molar-refractivity contribution in [3.05, 3.63) is 34.6 Å². The van der Waals surface area contributed by atoms with Crippen molar-refractivity contribution < 1.29 is 0 Å². The van der Waals surface area contributed by atoms with E-state index < -0.39 is 0 Å². The van der Waals surface area contributed by atoms with Gasteiger partial charge in [0.05, 0.1) is 6.33 Å². The molecule has 0 unspecified atom stereocenters. The molecule has 2 N–H and O–H groups in total. The number of nitrogens with zero attached hydrogens (tertiary/aromatic N) is 4. The van der Waals surface area contributed by atoms with Gasteiger partial charge >= 0.3 is 0 Å². The van der Waals surface area contributed by atoms with E-state index >= 15 is 0 Å². The molecule has 0 saturated heterocycles. The quantitative estimate of drug-likeness (QED) is 0.484. The maximum Gasteiger partial charge on any atom is 0.174 e. The van der Waals surface area contributed by atoms with E-state index in [0.29, 0.717) is 22.7 Å². The Balaban J connectivity index is 0.00000109. The number of unbranched alkanes of at least 4 members (excludes halogenated alkanes) is 1. The lowest BCUT2D eigenvalue weighted by molar-refractivity contribution is 0.653. The van der Waals surface area contributed by atoms with E-state index in [0.717, 1.165) is 22.5 Å². The van der Waals surface area contributed by atoms with E-state index in [9.17, 15) is 0 Å². The number of terminal acetylenes is 1. The highest BCUT2D eigenvalue weighted by molar-refractivity contribution is 9.10. The molecule has 3 rings (SSSR count). The van der Waals surface area contributed by atoms with Crippen LogP contribution >= 0.6 is 27.7 Å². The van der Waals surface area contributed by atoms with Crippen LogP contribution in [0.1, 0.15) is 26.7 Å². The lowest BCUT2D eigenvalue weighted by Crippen LogP contribution is -2.12. The Morgan fingerprint density at radius 1 is 1.36 bits per heavy atom. The molecule has 6 nitrogen and oxygen atoms in total. The zero-order valence-electron chi connectivity index (χ0n) is 14.1. The summed E-state index contributed by atoms with van der Waals surface area (Å²) in [5, 5.41) is 9.44. The first-order valence-corrected chi connectivity index (χ1v) is 9.51. The van der Waals surface area contributed by atoms with Crippen molar-refractivity contribution in [2.75, 3.05) is 0 Å². The Hall–Kier alpha value is -2.11. The van der Waals surface area contributed by atoms with Gasteiger partial charge in [-0.1, -0.05) is 13.8 Å². The second-order valence-corrected chi connectivity index (χ2v) is 6.68. The highest BCUT2D eigenvalue weighted by Crippen LogP contribution is 2.25. The highest BCUT2D eigenvalue weighted by atomic mass is 79.9. The van der Waals surface area contributed by atoms with Gasteiger partial charge in [-0.25, -0.2) is 15.0 Å². The van der Waals surface area contributed by atoms with Crippen LogP contribution in [-0.4, -0.2) is 24.5 Å². The molecule has 0 atom stereocenters. The van der Waals surface area contributed by atoms with Crippen LogP contribution in [0, 0.1) is 17.8 Å². The monoisotopic (exact) mass is 418 g/mol. The topological polar surface area (TPSA) is 83.2 Å². The maximum absolute atomic E-state index is 7.94. The number of hydrogen-bond donors (Lipinski definition) is 2. The fourth-order valence-corrected chi connectivity index (χ4v) is 3.01. The van der Waals surface area contributed by atoms with Gasteiger partial charge in [0.25, 0.3) is 0 Å². The summed E-state index contributed by atoms with van der Waals surface area (Å²) in [6, 6.07) is 3.83. The smallest absolute Gasteiger partial charge is 0.174 e. The van der Waals surface area contributed by atoms with Crippen LogP contribution in [0.25, 0.3) is 11.2 Å². The average Bonchev–Trinajstić information content (AvgIpc) is 3.06. The van der Waals surface area contributed by atoms with Crippen molar-refractivity contribution in [2.45, 2.75) is 43.4 Å². The molecule has 25 heavy (non-hydrogen) atoms. The van der Waals surface area contributed by atoms with Crippen molar-refractivity contribution in [1.82, 2.24) is 24.5 Å². The Labute approximate surface area is 159 Å². The molecule has 8 heteroatoms.